The van der Waals surface area contributed by atoms with E-state index in [1.807, 2.05) is 35.6 Å². The van der Waals surface area contributed by atoms with Gasteiger partial charge in [-0.25, -0.2) is 4.57 Å². The lowest BCUT2D eigenvalue weighted by atomic mass is 10.3. The Labute approximate surface area is 94.8 Å². The summed E-state index contributed by atoms with van der Waals surface area (Å²) in [6, 6.07) is 4.11. The maximum absolute atomic E-state index is 8.50. The van der Waals surface area contributed by atoms with Gasteiger partial charge in [0.15, 0.2) is 6.20 Å². The van der Waals surface area contributed by atoms with Crippen molar-refractivity contribution in [2.45, 2.75) is 24.7 Å². The molecule has 0 amide bonds. The maximum Gasteiger partial charge on any atom is 0.227 e. The quantitative estimate of drug-likeness (QED) is 0.208. The number of aryl methyl sites for hydroxylation is 1. The molecule has 0 saturated heterocycles. The highest BCUT2D eigenvalue weighted by Gasteiger charge is 2.05. The Bertz CT molecular complexity index is 339. The molecule has 1 heterocycles. The van der Waals surface area contributed by atoms with Crippen molar-refractivity contribution in [3.05, 3.63) is 24.0 Å². The number of oxime groups is 1. The Hall–Kier alpha value is -1.03. The molecule has 1 N–H and O–H groups in total. The number of nitrogens with zero attached hydrogens (tertiary/aromatic N) is 2. The van der Waals surface area contributed by atoms with Crippen LogP contribution in [0, 0.1) is 0 Å². The van der Waals surface area contributed by atoms with Gasteiger partial charge < -0.3 is 5.21 Å². The lowest BCUT2D eigenvalue weighted by Gasteiger charge is -2.00. The Morgan fingerprint density at radius 2 is 2.40 bits per heavy atom. The van der Waals surface area contributed by atoms with Gasteiger partial charge >= 0.3 is 0 Å². The molecule has 0 fully saturated rings. The molecule has 15 heavy (non-hydrogen) atoms. The average Bonchev–Trinajstić information content (AvgIpc) is 2.23. The highest BCUT2D eigenvalue weighted by Crippen LogP contribution is 2.18. The second-order valence-electron chi connectivity index (χ2n) is 3.34. The van der Waals surface area contributed by atoms with Gasteiger partial charge in [0.1, 0.15) is 13.3 Å². The predicted molar refractivity (Wildman–Crippen MR) is 62.6 cm³/mol. The molecule has 0 aliphatic carbocycles. The highest BCUT2D eigenvalue weighted by atomic mass is 32.2. The molecule has 4 heteroatoms. The zero-order chi connectivity index (χ0) is 11.1. The van der Waals surface area contributed by atoms with E-state index in [9.17, 15) is 0 Å². The van der Waals surface area contributed by atoms with Crippen LogP contribution in [0.3, 0.4) is 0 Å². The Kier molecular flexibility index (Phi) is 5.18. The molecular weight excluding hydrogens is 208 g/mol. The second-order valence-corrected chi connectivity index (χ2v) is 4.51. The van der Waals surface area contributed by atoms with E-state index in [0.717, 1.165) is 11.4 Å². The first-order valence-electron chi connectivity index (χ1n) is 5.08. The molecule has 0 saturated carbocycles. The maximum atomic E-state index is 8.50. The monoisotopic (exact) mass is 225 g/mol. The van der Waals surface area contributed by atoms with E-state index in [0.29, 0.717) is 0 Å². The molecule has 82 valence electrons. The zero-order valence-electron chi connectivity index (χ0n) is 9.18. The summed E-state index contributed by atoms with van der Waals surface area (Å²) < 4.78 is 1.92. The van der Waals surface area contributed by atoms with Crippen molar-refractivity contribution in [1.29, 1.82) is 0 Å². The molecule has 0 aromatic carbocycles. The Morgan fingerprint density at radius 3 is 3.07 bits per heavy atom. The number of hydrogen-bond acceptors (Lipinski definition) is 3. The summed E-state index contributed by atoms with van der Waals surface area (Å²) in [4.78, 5) is 1.22. The molecule has 0 aliphatic rings. The summed E-state index contributed by atoms with van der Waals surface area (Å²) in [5.74, 6) is 1.14. The van der Waals surface area contributed by atoms with Gasteiger partial charge in [-0.15, -0.1) is 11.8 Å². The van der Waals surface area contributed by atoms with Gasteiger partial charge in [0.25, 0.3) is 0 Å². The van der Waals surface area contributed by atoms with Crippen LogP contribution in [0.2, 0.25) is 0 Å². The number of pyridine rings is 1. The van der Waals surface area contributed by atoms with E-state index in [2.05, 4.69) is 18.1 Å². The van der Waals surface area contributed by atoms with Gasteiger partial charge in [-0.2, -0.15) is 0 Å². The van der Waals surface area contributed by atoms with E-state index in [1.54, 1.807) is 0 Å². The fraction of sp³-hybridized carbons (Fsp3) is 0.455. The molecule has 0 bridgehead atoms. The van der Waals surface area contributed by atoms with Crippen molar-refractivity contribution in [2.75, 3.05) is 5.75 Å². The zero-order valence-corrected chi connectivity index (χ0v) is 10.00. The third-order valence-corrected chi connectivity index (χ3v) is 3.20. The number of rotatable bonds is 5. The lowest BCUT2D eigenvalue weighted by molar-refractivity contribution is -0.672. The summed E-state index contributed by atoms with van der Waals surface area (Å²) >= 11 is 1.84. The van der Waals surface area contributed by atoms with Gasteiger partial charge in [-0.1, -0.05) is 18.5 Å². The molecule has 0 spiro atoms. The van der Waals surface area contributed by atoms with Crippen molar-refractivity contribution < 1.29 is 9.77 Å². The van der Waals surface area contributed by atoms with Crippen molar-refractivity contribution in [2.24, 2.45) is 12.2 Å². The first-order valence-corrected chi connectivity index (χ1v) is 6.06. The molecule has 0 unspecified atom stereocenters. The summed E-state index contributed by atoms with van der Waals surface area (Å²) in [6.07, 6.45) is 5.88. The van der Waals surface area contributed by atoms with Crippen LogP contribution >= 0.6 is 11.8 Å². The average molecular weight is 225 g/mol. The van der Waals surface area contributed by atoms with Gasteiger partial charge in [-0.3, -0.25) is 0 Å². The molecule has 1 aromatic rings. The van der Waals surface area contributed by atoms with Gasteiger partial charge in [0.2, 0.25) is 5.69 Å². The fourth-order valence-electron chi connectivity index (χ4n) is 1.18. The van der Waals surface area contributed by atoms with Crippen LogP contribution in [0.5, 0.6) is 0 Å². The molecule has 1 aromatic heterocycles. The van der Waals surface area contributed by atoms with E-state index in [4.69, 9.17) is 5.21 Å². The minimum Gasteiger partial charge on any atom is -0.411 e. The summed E-state index contributed by atoms with van der Waals surface area (Å²) in [5.41, 5.74) is 0.902. The van der Waals surface area contributed by atoms with E-state index in [-0.39, 0.29) is 0 Å². The van der Waals surface area contributed by atoms with Crippen LogP contribution in [0.1, 0.15) is 25.5 Å². The number of hydrogen-bond donors (Lipinski definition) is 1. The predicted octanol–water partition coefficient (Wildman–Crippen LogP) is 2.21. The number of thioether (sulfide) groups is 1. The van der Waals surface area contributed by atoms with Crippen molar-refractivity contribution in [1.82, 2.24) is 0 Å². The first-order chi connectivity index (χ1) is 7.27. The smallest absolute Gasteiger partial charge is 0.227 e. The SMILES string of the molecule is CCCCSc1cc[n+](C)c(/C=N/O)c1. The number of aromatic nitrogens is 1. The van der Waals surface area contributed by atoms with Crippen LogP contribution in [-0.4, -0.2) is 17.2 Å². The lowest BCUT2D eigenvalue weighted by Crippen LogP contribution is -2.32. The summed E-state index contributed by atoms with van der Waals surface area (Å²) in [5, 5.41) is 11.5. The highest BCUT2D eigenvalue weighted by molar-refractivity contribution is 7.99. The van der Waals surface area contributed by atoms with Gasteiger partial charge in [-0.05, 0) is 12.2 Å². The standard InChI is InChI=1S/C11H16N2OS/c1-3-4-7-15-11-5-6-13(2)10(8-11)9-12-14/h5-6,8-9H,3-4,7H2,1-2H3/p+1. The topological polar surface area (TPSA) is 36.5 Å². The van der Waals surface area contributed by atoms with Crippen molar-refractivity contribution in [3.8, 4) is 0 Å². The summed E-state index contributed by atoms with van der Waals surface area (Å²) in [6.45, 7) is 2.19. The molecule has 0 aliphatic heterocycles. The largest absolute Gasteiger partial charge is 0.411 e. The third kappa shape index (κ3) is 3.91. The second kappa shape index (κ2) is 6.45. The molecular formula is C11H17N2OS+. The van der Waals surface area contributed by atoms with E-state index < -0.39 is 0 Å². The van der Waals surface area contributed by atoms with Crippen LogP contribution in [-0.2, 0) is 7.05 Å². The van der Waals surface area contributed by atoms with Crippen LogP contribution in [0.15, 0.2) is 28.4 Å². The van der Waals surface area contributed by atoms with Gasteiger partial charge in [0.05, 0.1) is 0 Å². The molecule has 3 nitrogen and oxygen atoms in total. The van der Waals surface area contributed by atoms with Crippen LogP contribution in [0.25, 0.3) is 0 Å². The first kappa shape index (κ1) is 12.0. The third-order valence-electron chi connectivity index (χ3n) is 2.12. The van der Waals surface area contributed by atoms with E-state index >= 15 is 0 Å². The molecule has 1 rings (SSSR count). The van der Waals surface area contributed by atoms with Crippen molar-refractivity contribution in [3.63, 3.8) is 0 Å². The van der Waals surface area contributed by atoms with Crippen molar-refractivity contribution >= 4 is 18.0 Å². The van der Waals surface area contributed by atoms with Crippen LogP contribution < -0.4 is 4.57 Å². The number of unbranched alkanes of at least 4 members (excludes halogenated alkanes) is 1. The minimum absolute atomic E-state index is 0.902. The molecule has 0 radical (unpaired) electrons. The Balaban J connectivity index is 2.69. The summed E-state index contributed by atoms with van der Waals surface area (Å²) in [7, 11) is 1.93. The molecule has 0 atom stereocenters. The Morgan fingerprint density at radius 1 is 1.60 bits per heavy atom. The fourth-order valence-corrected chi connectivity index (χ4v) is 2.21. The van der Waals surface area contributed by atoms with Crippen LogP contribution in [0.4, 0.5) is 0 Å². The van der Waals surface area contributed by atoms with E-state index in [1.165, 1.54) is 24.0 Å². The van der Waals surface area contributed by atoms with Gasteiger partial charge in [0, 0.05) is 17.0 Å². The normalized spacial score (nSPS) is 11.1. The minimum atomic E-state index is 0.902.